The molecule has 1 fully saturated rings. The van der Waals surface area contributed by atoms with Crippen LogP contribution in [-0.4, -0.2) is 25.3 Å². The number of aromatic nitrogens is 5. The molecule has 118 valence electrons. The van der Waals surface area contributed by atoms with Gasteiger partial charge in [-0.25, -0.2) is 4.98 Å². The highest BCUT2D eigenvalue weighted by atomic mass is 16.5. The summed E-state index contributed by atoms with van der Waals surface area (Å²) in [5.41, 5.74) is 9.58. The first-order valence-corrected chi connectivity index (χ1v) is 7.53. The van der Waals surface area contributed by atoms with E-state index in [0.717, 1.165) is 28.4 Å². The average Bonchev–Trinajstić information content (AvgIpc) is 3.12. The second-order valence-corrected chi connectivity index (χ2v) is 5.76. The molecular formula is C15H17N7O. The van der Waals surface area contributed by atoms with Gasteiger partial charge in [-0.3, -0.25) is 5.10 Å². The van der Waals surface area contributed by atoms with Gasteiger partial charge in [0.05, 0.1) is 29.2 Å². The first kappa shape index (κ1) is 13.7. The number of aromatic amines is 1. The molecule has 0 bridgehead atoms. The zero-order valence-corrected chi connectivity index (χ0v) is 12.7. The average molecular weight is 311 g/mol. The molecule has 0 unspecified atom stereocenters. The quantitative estimate of drug-likeness (QED) is 0.661. The number of aryl methyl sites for hydroxylation is 1. The standard InChI is InChI=1S/C15H17N7O/c1-8-4-10(23-22-8)6-17-15-18-7-11(14(16)19-15)13-5-12(20-21-13)9-2-3-9/h4-5,7,9H,2-3,6H2,1H3,(H,20,21)(H3,16,17,18,19). The molecule has 23 heavy (non-hydrogen) atoms. The second kappa shape index (κ2) is 5.38. The van der Waals surface area contributed by atoms with Crippen LogP contribution in [0.1, 0.15) is 35.9 Å². The molecule has 3 aromatic heterocycles. The highest BCUT2D eigenvalue weighted by Gasteiger charge is 2.26. The van der Waals surface area contributed by atoms with Gasteiger partial charge in [-0.1, -0.05) is 5.16 Å². The molecule has 0 amide bonds. The van der Waals surface area contributed by atoms with Gasteiger partial charge in [0.15, 0.2) is 5.76 Å². The summed E-state index contributed by atoms with van der Waals surface area (Å²) < 4.78 is 5.13. The zero-order chi connectivity index (χ0) is 15.8. The highest BCUT2D eigenvalue weighted by Crippen LogP contribution is 2.40. The van der Waals surface area contributed by atoms with Gasteiger partial charge < -0.3 is 15.6 Å². The molecule has 8 nitrogen and oxygen atoms in total. The monoisotopic (exact) mass is 311 g/mol. The van der Waals surface area contributed by atoms with Crippen LogP contribution in [-0.2, 0) is 6.54 Å². The van der Waals surface area contributed by atoms with Crippen LogP contribution in [0.15, 0.2) is 22.9 Å². The molecule has 0 atom stereocenters. The summed E-state index contributed by atoms with van der Waals surface area (Å²) in [5.74, 6) is 2.16. The van der Waals surface area contributed by atoms with Crippen molar-refractivity contribution in [2.24, 2.45) is 0 Å². The van der Waals surface area contributed by atoms with E-state index in [1.54, 1.807) is 6.20 Å². The maximum Gasteiger partial charge on any atom is 0.225 e. The molecule has 1 saturated carbocycles. The van der Waals surface area contributed by atoms with Gasteiger partial charge in [0.1, 0.15) is 5.82 Å². The fourth-order valence-corrected chi connectivity index (χ4v) is 2.42. The summed E-state index contributed by atoms with van der Waals surface area (Å²) in [6.45, 7) is 2.33. The van der Waals surface area contributed by atoms with Crippen LogP contribution in [0, 0.1) is 6.92 Å². The number of rotatable bonds is 5. The first-order valence-electron chi connectivity index (χ1n) is 7.53. The van der Waals surface area contributed by atoms with E-state index in [1.807, 2.05) is 19.1 Å². The third-order valence-electron chi connectivity index (χ3n) is 3.80. The molecule has 0 radical (unpaired) electrons. The zero-order valence-electron chi connectivity index (χ0n) is 12.7. The maximum atomic E-state index is 6.05. The fraction of sp³-hybridized carbons (Fsp3) is 0.333. The molecule has 8 heteroatoms. The minimum Gasteiger partial charge on any atom is -0.383 e. The minimum atomic E-state index is 0.405. The summed E-state index contributed by atoms with van der Waals surface area (Å²) >= 11 is 0. The Morgan fingerprint density at radius 1 is 1.39 bits per heavy atom. The van der Waals surface area contributed by atoms with Crippen molar-refractivity contribution in [1.82, 2.24) is 25.3 Å². The lowest BCUT2D eigenvalue weighted by Crippen LogP contribution is -2.05. The number of hydrogen-bond donors (Lipinski definition) is 3. The van der Waals surface area contributed by atoms with Gasteiger partial charge >= 0.3 is 0 Å². The summed E-state index contributed by atoms with van der Waals surface area (Å²) in [4.78, 5) is 8.58. The van der Waals surface area contributed by atoms with Gasteiger partial charge in [-0.15, -0.1) is 0 Å². The van der Waals surface area contributed by atoms with Crippen molar-refractivity contribution >= 4 is 11.8 Å². The van der Waals surface area contributed by atoms with Crippen LogP contribution in [0.3, 0.4) is 0 Å². The van der Waals surface area contributed by atoms with Crippen LogP contribution >= 0.6 is 0 Å². The second-order valence-electron chi connectivity index (χ2n) is 5.76. The fourth-order valence-electron chi connectivity index (χ4n) is 2.42. The minimum absolute atomic E-state index is 0.405. The molecule has 0 spiro atoms. The van der Waals surface area contributed by atoms with E-state index in [9.17, 15) is 0 Å². The number of nitrogens with one attached hydrogen (secondary N) is 2. The summed E-state index contributed by atoms with van der Waals surface area (Å²) in [6.07, 6.45) is 4.11. The highest BCUT2D eigenvalue weighted by molar-refractivity contribution is 5.71. The van der Waals surface area contributed by atoms with Crippen molar-refractivity contribution < 1.29 is 4.52 Å². The number of nitrogens with two attached hydrogens (primary N) is 1. The molecule has 0 saturated heterocycles. The predicted molar refractivity (Wildman–Crippen MR) is 84.6 cm³/mol. The van der Waals surface area contributed by atoms with Gasteiger partial charge in [-0.2, -0.15) is 10.1 Å². The molecular weight excluding hydrogens is 294 g/mol. The number of nitrogens with zero attached hydrogens (tertiary/aromatic N) is 4. The number of hydrogen-bond acceptors (Lipinski definition) is 7. The predicted octanol–water partition coefficient (Wildman–Crippen LogP) is 2.23. The van der Waals surface area contributed by atoms with E-state index in [4.69, 9.17) is 10.3 Å². The Bertz CT molecular complexity index is 834. The molecule has 0 aliphatic heterocycles. The molecule has 1 aliphatic carbocycles. The molecule has 3 heterocycles. The lowest BCUT2D eigenvalue weighted by atomic mass is 10.2. The van der Waals surface area contributed by atoms with Crippen molar-refractivity contribution in [1.29, 1.82) is 0 Å². The van der Waals surface area contributed by atoms with E-state index < -0.39 is 0 Å². The summed E-state index contributed by atoms with van der Waals surface area (Å²) in [7, 11) is 0. The van der Waals surface area contributed by atoms with Crippen molar-refractivity contribution in [3.05, 3.63) is 35.5 Å². The Morgan fingerprint density at radius 3 is 2.96 bits per heavy atom. The van der Waals surface area contributed by atoms with Crippen LogP contribution in [0.2, 0.25) is 0 Å². The Kier molecular flexibility index (Phi) is 3.22. The van der Waals surface area contributed by atoms with Gasteiger partial charge in [0.25, 0.3) is 0 Å². The Hall–Kier alpha value is -2.90. The van der Waals surface area contributed by atoms with E-state index >= 15 is 0 Å². The lowest BCUT2D eigenvalue weighted by Gasteiger charge is -2.06. The van der Waals surface area contributed by atoms with E-state index in [1.165, 1.54) is 12.8 Å². The van der Waals surface area contributed by atoms with E-state index in [0.29, 0.717) is 24.2 Å². The lowest BCUT2D eigenvalue weighted by molar-refractivity contribution is 0.384. The Labute approximate surface area is 132 Å². The van der Waals surface area contributed by atoms with Gasteiger partial charge in [0.2, 0.25) is 5.95 Å². The first-order chi connectivity index (χ1) is 11.2. The molecule has 0 aromatic carbocycles. The van der Waals surface area contributed by atoms with Crippen molar-refractivity contribution in [3.8, 4) is 11.3 Å². The van der Waals surface area contributed by atoms with Crippen LogP contribution in [0.5, 0.6) is 0 Å². The third kappa shape index (κ3) is 2.87. The van der Waals surface area contributed by atoms with Crippen LogP contribution in [0.4, 0.5) is 11.8 Å². The van der Waals surface area contributed by atoms with Crippen molar-refractivity contribution in [3.63, 3.8) is 0 Å². The Morgan fingerprint density at radius 2 is 2.26 bits per heavy atom. The normalized spacial score (nSPS) is 14.1. The van der Waals surface area contributed by atoms with Crippen LogP contribution < -0.4 is 11.1 Å². The maximum absolute atomic E-state index is 6.05. The van der Waals surface area contributed by atoms with E-state index in [-0.39, 0.29) is 0 Å². The molecule has 3 aromatic rings. The summed E-state index contributed by atoms with van der Waals surface area (Å²) in [6, 6.07) is 3.88. The van der Waals surface area contributed by atoms with Crippen LogP contribution in [0.25, 0.3) is 11.3 Å². The van der Waals surface area contributed by atoms with Crippen molar-refractivity contribution in [2.45, 2.75) is 32.2 Å². The molecule has 1 aliphatic rings. The van der Waals surface area contributed by atoms with Crippen molar-refractivity contribution in [2.75, 3.05) is 11.1 Å². The third-order valence-corrected chi connectivity index (χ3v) is 3.80. The SMILES string of the molecule is Cc1cc(CNc2ncc(-c3cc(C4CC4)n[nH]3)c(N)n2)on1. The molecule has 4 rings (SSSR count). The topological polar surface area (TPSA) is 119 Å². The largest absolute Gasteiger partial charge is 0.383 e. The number of nitrogen functional groups attached to an aromatic ring is 1. The van der Waals surface area contributed by atoms with Gasteiger partial charge in [-0.05, 0) is 25.8 Å². The number of anilines is 2. The molecule has 4 N–H and O–H groups in total. The van der Waals surface area contributed by atoms with E-state index in [2.05, 4.69) is 30.6 Å². The summed E-state index contributed by atoms with van der Waals surface area (Å²) in [5, 5.41) is 14.2. The Balaban J connectivity index is 1.49. The van der Waals surface area contributed by atoms with Gasteiger partial charge in [0, 0.05) is 18.2 Å². The number of H-pyrrole nitrogens is 1. The smallest absolute Gasteiger partial charge is 0.225 e.